The van der Waals surface area contributed by atoms with Crippen LogP contribution in [0.2, 0.25) is 0 Å². The first-order valence-electron chi connectivity index (χ1n) is 12.2. The first-order chi connectivity index (χ1) is 17.7. The van der Waals surface area contributed by atoms with Crippen molar-refractivity contribution in [2.45, 2.75) is 6.92 Å². The molecule has 1 saturated heterocycles. The second kappa shape index (κ2) is 9.91. The summed E-state index contributed by atoms with van der Waals surface area (Å²) in [5, 5.41) is 7.48. The molecule has 10 nitrogen and oxygen atoms in total. The van der Waals surface area contributed by atoms with Crippen LogP contribution in [0, 0.1) is 6.92 Å². The minimum Gasteiger partial charge on any atom is -0.369 e. The van der Waals surface area contributed by atoms with E-state index in [0.717, 1.165) is 42.8 Å². The number of benzene rings is 2. The molecule has 1 aliphatic rings. The molecule has 0 unspecified atom stereocenters. The Morgan fingerprint density at radius 2 is 1.73 bits per heavy atom. The van der Waals surface area contributed by atoms with Crippen molar-refractivity contribution in [3.05, 3.63) is 60.3 Å². The molecule has 0 amide bonds. The van der Waals surface area contributed by atoms with E-state index in [1.807, 2.05) is 18.2 Å². The van der Waals surface area contributed by atoms with Gasteiger partial charge in [0, 0.05) is 50.8 Å². The van der Waals surface area contributed by atoms with Gasteiger partial charge in [-0.1, -0.05) is 12.1 Å². The number of rotatable bonds is 7. The highest BCUT2D eigenvalue weighted by molar-refractivity contribution is 7.92. The Hall–Kier alpha value is -3.83. The molecule has 0 atom stereocenters. The number of fused-ring (bicyclic) bond motifs is 1. The van der Waals surface area contributed by atoms with Gasteiger partial charge in [-0.25, -0.2) is 8.42 Å². The third kappa shape index (κ3) is 5.32. The second-order valence-corrected chi connectivity index (χ2v) is 11.4. The van der Waals surface area contributed by atoms with Crippen molar-refractivity contribution in [2.24, 2.45) is 0 Å². The van der Waals surface area contributed by atoms with Crippen LogP contribution in [0.3, 0.4) is 0 Å². The van der Waals surface area contributed by atoms with Crippen LogP contribution in [0.15, 0.2) is 54.7 Å². The zero-order chi connectivity index (χ0) is 26.2. The van der Waals surface area contributed by atoms with Crippen LogP contribution in [0.5, 0.6) is 0 Å². The summed E-state index contributed by atoms with van der Waals surface area (Å²) < 4.78 is 25.6. The third-order valence-electron chi connectivity index (χ3n) is 6.73. The van der Waals surface area contributed by atoms with Crippen molar-refractivity contribution in [3.8, 4) is 0 Å². The number of para-hydroxylation sites is 2. The van der Waals surface area contributed by atoms with E-state index >= 15 is 0 Å². The topological polar surface area (TPSA) is 109 Å². The normalized spacial score (nSPS) is 14.6. The second-order valence-electron chi connectivity index (χ2n) is 9.42. The SMILES string of the molecule is Cc1cc(N2CCN(C)CC2)ccc1Nc1nc(Nc2ccccc2N(C)S(C)(=O)=O)c2cc[nH]c2n1. The third-order valence-corrected chi connectivity index (χ3v) is 7.93. The summed E-state index contributed by atoms with van der Waals surface area (Å²) in [7, 11) is 0.252. The molecule has 11 heteroatoms. The van der Waals surface area contributed by atoms with Crippen molar-refractivity contribution in [2.75, 3.05) is 66.4 Å². The Morgan fingerprint density at radius 1 is 0.973 bits per heavy atom. The molecule has 0 aliphatic carbocycles. The van der Waals surface area contributed by atoms with Crippen molar-refractivity contribution >= 4 is 55.6 Å². The average Bonchev–Trinajstić information content (AvgIpc) is 3.34. The van der Waals surface area contributed by atoms with Gasteiger partial charge < -0.3 is 25.4 Å². The number of likely N-dealkylation sites (N-methyl/N-ethyl adjacent to an activating group) is 1. The van der Waals surface area contributed by atoms with Crippen molar-refractivity contribution in [3.63, 3.8) is 0 Å². The van der Waals surface area contributed by atoms with Gasteiger partial charge in [0.25, 0.3) is 0 Å². The number of aryl methyl sites for hydroxylation is 1. The maximum atomic E-state index is 12.2. The summed E-state index contributed by atoms with van der Waals surface area (Å²) in [5.41, 5.74) is 5.05. The molecule has 1 fully saturated rings. The molecule has 2 aromatic carbocycles. The fraction of sp³-hybridized carbons (Fsp3) is 0.308. The Labute approximate surface area is 217 Å². The summed E-state index contributed by atoms with van der Waals surface area (Å²) >= 11 is 0. The van der Waals surface area contributed by atoms with Crippen LogP contribution >= 0.6 is 0 Å². The van der Waals surface area contributed by atoms with Crippen LogP contribution in [0.1, 0.15) is 5.56 Å². The predicted octanol–water partition coefficient (Wildman–Crippen LogP) is 3.90. The Balaban J connectivity index is 1.43. The van der Waals surface area contributed by atoms with Crippen molar-refractivity contribution < 1.29 is 8.42 Å². The average molecular weight is 521 g/mol. The highest BCUT2D eigenvalue weighted by Crippen LogP contribution is 2.32. The molecule has 3 N–H and O–H groups in total. The van der Waals surface area contributed by atoms with E-state index in [1.54, 1.807) is 18.3 Å². The summed E-state index contributed by atoms with van der Waals surface area (Å²) in [4.78, 5) is 17.3. The van der Waals surface area contributed by atoms with Gasteiger partial charge in [0.1, 0.15) is 11.5 Å². The van der Waals surface area contributed by atoms with E-state index < -0.39 is 10.0 Å². The number of hydrogen-bond acceptors (Lipinski definition) is 8. The highest BCUT2D eigenvalue weighted by Gasteiger charge is 2.18. The number of aromatic nitrogens is 3. The molecule has 4 aromatic rings. The number of H-pyrrole nitrogens is 1. The van der Waals surface area contributed by atoms with Gasteiger partial charge in [0.05, 0.1) is 23.0 Å². The lowest BCUT2D eigenvalue weighted by Crippen LogP contribution is -2.44. The number of anilines is 6. The van der Waals surface area contributed by atoms with E-state index in [-0.39, 0.29) is 0 Å². The van der Waals surface area contributed by atoms with Gasteiger partial charge in [-0.2, -0.15) is 9.97 Å². The maximum Gasteiger partial charge on any atom is 0.232 e. The quantitative estimate of drug-likeness (QED) is 0.337. The lowest BCUT2D eigenvalue weighted by Gasteiger charge is -2.34. The van der Waals surface area contributed by atoms with E-state index in [4.69, 9.17) is 4.98 Å². The van der Waals surface area contributed by atoms with Crippen LogP contribution in [0.25, 0.3) is 11.0 Å². The highest BCUT2D eigenvalue weighted by atomic mass is 32.2. The number of aromatic amines is 1. The molecular weight excluding hydrogens is 488 g/mol. The molecule has 0 radical (unpaired) electrons. The Morgan fingerprint density at radius 3 is 2.46 bits per heavy atom. The fourth-order valence-electron chi connectivity index (χ4n) is 4.42. The number of sulfonamides is 1. The Kier molecular flexibility index (Phi) is 6.65. The zero-order valence-electron chi connectivity index (χ0n) is 21.5. The Bertz CT molecular complexity index is 1530. The summed E-state index contributed by atoms with van der Waals surface area (Å²) in [6.07, 6.45) is 2.98. The lowest BCUT2D eigenvalue weighted by molar-refractivity contribution is 0.313. The minimum absolute atomic E-state index is 0.432. The maximum absolute atomic E-state index is 12.2. The van der Waals surface area contributed by atoms with Gasteiger partial charge in [-0.3, -0.25) is 4.31 Å². The molecule has 0 saturated carbocycles. The van der Waals surface area contributed by atoms with E-state index in [2.05, 4.69) is 62.6 Å². The number of nitrogens with one attached hydrogen (secondary N) is 3. The fourth-order valence-corrected chi connectivity index (χ4v) is 4.94. The van der Waals surface area contributed by atoms with Crippen LogP contribution in [-0.4, -0.2) is 74.8 Å². The van der Waals surface area contributed by atoms with Gasteiger partial charge in [0.15, 0.2) is 0 Å². The molecule has 3 heterocycles. The van der Waals surface area contributed by atoms with Crippen molar-refractivity contribution in [1.82, 2.24) is 19.9 Å². The first kappa shape index (κ1) is 24.8. The monoisotopic (exact) mass is 520 g/mol. The summed E-state index contributed by atoms with van der Waals surface area (Å²) in [6, 6.07) is 15.5. The first-order valence-corrected chi connectivity index (χ1v) is 14.0. The largest absolute Gasteiger partial charge is 0.369 e. The van der Waals surface area contributed by atoms with Crippen LogP contribution in [-0.2, 0) is 10.0 Å². The molecule has 194 valence electrons. The smallest absolute Gasteiger partial charge is 0.232 e. The minimum atomic E-state index is -3.43. The number of nitrogens with zero attached hydrogens (tertiary/aromatic N) is 5. The summed E-state index contributed by atoms with van der Waals surface area (Å²) in [5.74, 6) is 0.997. The molecule has 0 spiro atoms. The van der Waals surface area contributed by atoms with E-state index in [0.29, 0.717) is 28.8 Å². The predicted molar refractivity (Wildman–Crippen MR) is 151 cm³/mol. The van der Waals surface area contributed by atoms with Crippen molar-refractivity contribution in [1.29, 1.82) is 0 Å². The molecule has 0 bridgehead atoms. The van der Waals surface area contributed by atoms with E-state index in [9.17, 15) is 8.42 Å². The van der Waals surface area contributed by atoms with E-state index in [1.165, 1.54) is 23.3 Å². The van der Waals surface area contributed by atoms with Crippen LogP contribution in [0.4, 0.5) is 34.5 Å². The lowest BCUT2D eigenvalue weighted by atomic mass is 10.1. The van der Waals surface area contributed by atoms with Crippen LogP contribution < -0.4 is 19.8 Å². The van der Waals surface area contributed by atoms with Gasteiger partial charge in [-0.15, -0.1) is 0 Å². The number of piperazine rings is 1. The zero-order valence-corrected chi connectivity index (χ0v) is 22.3. The molecule has 37 heavy (non-hydrogen) atoms. The standard InChI is InChI=1S/C26H32N8O2S/c1-18-17-19(34-15-13-32(2)14-16-34)9-10-21(18)29-26-30-24-20(11-12-27-24)25(31-26)28-22-7-5-6-8-23(22)33(3)37(4,35)36/h5-12,17H,13-16H2,1-4H3,(H3,27,28,29,30,31). The molecule has 5 rings (SSSR count). The molecule has 1 aliphatic heterocycles. The van der Waals surface area contributed by atoms with Gasteiger partial charge in [0.2, 0.25) is 16.0 Å². The van der Waals surface area contributed by atoms with Gasteiger partial charge >= 0.3 is 0 Å². The summed E-state index contributed by atoms with van der Waals surface area (Å²) in [6.45, 7) is 6.22. The molecule has 2 aromatic heterocycles. The molecular formula is C26H32N8O2S. The van der Waals surface area contributed by atoms with Gasteiger partial charge in [-0.05, 0) is 55.9 Å². The number of hydrogen-bond donors (Lipinski definition) is 3.